The van der Waals surface area contributed by atoms with Crippen LogP contribution in [-0.4, -0.2) is 50.3 Å². The lowest BCUT2D eigenvalue weighted by Gasteiger charge is -2.26. The normalized spacial score (nSPS) is 13.3. The summed E-state index contributed by atoms with van der Waals surface area (Å²) in [5.41, 5.74) is 3.16. The molecular weight excluding hydrogens is 394 g/mol. The molecule has 1 aromatic carbocycles. The number of pyridine rings is 1. The predicted octanol–water partition coefficient (Wildman–Crippen LogP) is 3.02. The molecule has 4 aromatic rings. The first-order chi connectivity index (χ1) is 15.1. The van der Waals surface area contributed by atoms with Crippen molar-refractivity contribution < 1.29 is 14.1 Å². The van der Waals surface area contributed by atoms with Gasteiger partial charge in [0.25, 0.3) is 11.8 Å². The number of H-pyrrole nitrogens is 1. The standard InChI is InChI=1S/C23H21N5O3/c1-27(13-16-7-4-5-10-24-16)23(30)21-17-14-28(11-9-20(17)31-26-21)22(29)19-12-15-6-2-3-8-18(15)25-19/h2-8,10,12,25H,9,11,13-14H2,1H3. The van der Waals surface area contributed by atoms with Gasteiger partial charge in [0, 0.05) is 42.7 Å². The highest BCUT2D eigenvalue weighted by Crippen LogP contribution is 2.25. The summed E-state index contributed by atoms with van der Waals surface area (Å²) < 4.78 is 5.43. The van der Waals surface area contributed by atoms with Crippen LogP contribution in [-0.2, 0) is 19.5 Å². The number of hydrogen-bond acceptors (Lipinski definition) is 5. The predicted molar refractivity (Wildman–Crippen MR) is 113 cm³/mol. The number of amides is 2. The largest absolute Gasteiger partial charge is 0.360 e. The zero-order valence-electron chi connectivity index (χ0n) is 17.0. The van der Waals surface area contributed by atoms with E-state index in [2.05, 4.69) is 15.1 Å². The molecule has 5 rings (SSSR count). The Kier molecular flexibility index (Phi) is 4.74. The van der Waals surface area contributed by atoms with E-state index in [0.717, 1.165) is 16.6 Å². The van der Waals surface area contributed by atoms with Gasteiger partial charge in [-0.15, -0.1) is 0 Å². The maximum atomic E-state index is 13.1. The number of para-hydroxylation sites is 1. The Labute approximate surface area is 178 Å². The van der Waals surface area contributed by atoms with Crippen LogP contribution in [0.25, 0.3) is 10.9 Å². The number of aromatic amines is 1. The van der Waals surface area contributed by atoms with E-state index in [4.69, 9.17) is 4.52 Å². The molecule has 0 aliphatic carbocycles. The van der Waals surface area contributed by atoms with Crippen molar-refractivity contribution in [3.63, 3.8) is 0 Å². The van der Waals surface area contributed by atoms with Crippen LogP contribution < -0.4 is 0 Å². The number of carbonyl (C=O) groups excluding carboxylic acids is 2. The van der Waals surface area contributed by atoms with Crippen LogP contribution in [0.15, 0.2) is 59.3 Å². The fraction of sp³-hybridized carbons (Fsp3) is 0.217. The molecule has 1 N–H and O–H groups in total. The Morgan fingerprint density at radius 2 is 2.03 bits per heavy atom. The minimum atomic E-state index is -0.254. The van der Waals surface area contributed by atoms with E-state index in [1.165, 1.54) is 0 Å². The first kappa shape index (κ1) is 19.0. The van der Waals surface area contributed by atoms with Gasteiger partial charge in [-0.1, -0.05) is 29.4 Å². The maximum absolute atomic E-state index is 13.1. The molecule has 8 heteroatoms. The van der Waals surface area contributed by atoms with E-state index in [9.17, 15) is 9.59 Å². The smallest absolute Gasteiger partial charge is 0.276 e. The van der Waals surface area contributed by atoms with Crippen LogP contribution in [0.1, 0.15) is 38.0 Å². The van der Waals surface area contributed by atoms with Crippen LogP contribution in [0.2, 0.25) is 0 Å². The fourth-order valence-electron chi connectivity index (χ4n) is 3.90. The van der Waals surface area contributed by atoms with Crippen LogP contribution in [0.5, 0.6) is 0 Å². The van der Waals surface area contributed by atoms with Gasteiger partial charge in [-0.05, 0) is 24.3 Å². The van der Waals surface area contributed by atoms with Crippen molar-refractivity contribution in [3.05, 3.63) is 83.1 Å². The van der Waals surface area contributed by atoms with Crippen molar-refractivity contribution >= 4 is 22.7 Å². The molecule has 0 spiro atoms. The molecule has 8 nitrogen and oxygen atoms in total. The summed E-state index contributed by atoms with van der Waals surface area (Å²) in [6, 6.07) is 15.2. The summed E-state index contributed by atoms with van der Waals surface area (Å²) in [6.45, 7) is 1.15. The summed E-state index contributed by atoms with van der Waals surface area (Å²) in [5.74, 6) is 0.300. The highest BCUT2D eigenvalue weighted by Gasteiger charge is 2.31. The lowest BCUT2D eigenvalue weighted by atomic mass is 10.0. The van der Waals surface area contributed by atoms with Crippen molar-refractivity contribution in [2.45, 2.75) is 19.5 Å². The quantitative estimate of drug-likeness (QED) is 0.553. The van der Waals surface area contributed by atoms with Gasteiger partial charge in [-0.2, -0.15) is 0 Å². The van der Waals surface area contributed by atoms with Gasteiger partial charge in [-0.25, -0.2) is 0 Å². The summed E-state index contributed by atoms with van der Waals surface area (Å²) in [5, 5.41) is 5.02. The highest BCUT2D eigenvalue weighted by molar-refractivity contribution is 5.98. The Morgan fingerprint density at radius 3 is 2.84 bits per heavy atom. The number of nitrogens with zero attached hydrogens (tertiary/aromatic N) is 4. The van der Waals surface area contributed by atoms with Crippen LogP contribution >= 0.6 is 0 Å². The third-order valence-electron chi connectivity index (χ3n) is 5.55. The second kappa shape index (κ2) is 7.71. The molecule has 31 heavy (non-hydrogen) atoms. The second-order valence-electron chi connectivity index (χ2n) is 7.66. The lowest BCUT2D eigenvalue weighted by Crippen LogP contribution is -2.37. The molecule has 0 fully saturated rings. The molecule has 0 unspecified atom stereocenters. The number of benzene rings is 1. The van der Waals surface area contributed by atoms with E-state index in [-0.39, 0.29) is 24.1 Å². The molecule has 0 saturated heterocycles. The molecule has 1 aliphatic heterocycles. The Morgan fingerprint density at radius 1 is 1.19 bits per heavy atom. The van der Waals surface area contributed by atoms with Crippen LogP contribution in [0.4, 0.5) is 0 Å². The number of fused-ring (bicyclic) bond motifs is 2. The van der Waals surface area contributed by atoms with Crippen LogP contribution in [0.3, 0.4) is 0 Å². The van der Waals surface area contributed by atoms with Gasteiger partial charge < -0.3 is 19.3 Å². The number of hydrogen-bond donors (Lipinski definition) is 1. The molecule has 1 aliphatic rings. The SMILES string of the molecule is CN(Cc1ccccn1)C(=O)c1noc2c1CN(C(=O)c1cc3ccccc3[nH]1)CC2. The fourth-order valence-corrected chi connectivity index (χ4v) is 3.90. The molecule has 0 atom stereocenters. The monoisotopic (exact) mass is 415 g/mol. The van der Waals surface area contributed by atoms with Gasteiger partial charge in [-0.3, -0.25) is 14.6 Å². The van der Waals surface area contributed by atoms with E-state index in [1.807, 2.05) is 48.5 Å². The zero-order valence-corrected chi connectivity index (χ0v) is 17.0. The van der Waals surface area contributed by atoms with Crippen molar-refractivity contribution in [3.8, 4) is 0 Å². The molecule has 2 amide bonds. The van der Waals surface area contributed by atoms with Crippen molar-refractivity contribution in [1.82, 2.24) is 24.9 Å². The molecule has 156 valence electrons. The highest BCUT2D eigenvalue weighted by atomic mass is 16.5. The average molecular weight is 415 g/mol. The minimum absolute atomic E-state index is 0.108. The van der Waals surface area contributed by atoms with E-state index in [1.54, 1.807) is 23.0 Å². The minimum Gasteiger partial charge on any atom is -0.360 e. The Balaban J connectivity index is 1.35. The average Bonchev–Trinajstić information content (AvgIpc) is 3.42. The molecule has 0 bridgehead atoms. The van der Waals surface area contributed by atoms with Gasteiger partial charge in [0.2, 0.25) is 0 Å². The molecule has 0 radical (unpaired) electrons. The van der Waals surface area contributed by atoms with Gasteiger partial charge in [0.15, 0.2) is 5.69 Å². The number of nitrogens with one attached hydrogen (secondary N) is 1. The number of rotatable bonds is 4. The first-order valence-electron chi connectivity index (χ1n) is 10.1. The van der Waals surface area contributed by atoms with Crippen molar-refractivity contribution in [2.75, 3.05) is 13.6 Å². The van der Waals surface area contributed by atoms with E-state index >= 15 is 0 Å². The number of aromatic nitrogens is 3. The van der Waals surface area contributed by atoms with Gasteiger partial charge >= 0.3 is 0 Å². The van der Waals surface area contributed by atoms with Crippen molar-refractivity contribution in [2.24, 2.45) is 0 Å². The lowest BCUT2D eigenvalue weighted by molar-refractivity contribution is 0.0715. The Hall–Kier alpha value is -3.94. The molecule has 0 saturated carbocycles. The molecular formula is C23H21N5O3. The van der Waals surface area contributed by atoms with Gasteiger partial charge in [0.05, 0.1) is 18.8 Å². The van der Waals surface area contributed by atoms with Gasteiger partial charge in [0.1, 0.15) is 11.5 Å². The maximum Gasteiger partial charge on any atom is 0.276 e. The van der Waals surface area contributed by atoms with Crippen LogP contribution in [0, 0.1) is 0 Å². The summed E-state index contributed by atoms with van der Waals surface area (Å²) in [6.07, 6.45) is 2.21. The van der Waals surface area contributed by atoms with E-state index < -0.39 is 0 Å². The second-order valence-corrected chi connectivity index (χ2v) is 7.66. The summed E-state index contributed by atoms with van der Waals surface area (Å²) >= 11 is 0. The molecule has 4 heterocycles. The zero-order chi connectivity index (χ0) is 21.4. The molecule has 3 aromatic heterocycles. The van der Waals surface area contributed by atoms with Crippen molar-refractivity contribution in [1.29, 1.82) is 0 Å². The Bertz CT molecular complexity index is 1230. The summed E-state index contributed by atoms with van der Waals surface area (Å²) in [7, 11) is 1.70. The third kappa shape index (κ3) is 3.56. The first-order valence-corrected chi connectivity index (χ1v) is 10.1. The third-order valence-corrected chi connectivity index (χ3v) is 5.55. The summed E-state index contributed by atoms with van der Waals surface area (Å²) in [4.78, 5) is 36.8. The van der Waals surface area contributed by atoms with E-state index in [0.29, 0.717) is 36.5 Å². The topological polar surface area (TPSA) is 95.3 Å². The number of carbonyl (C=O) groups is 2.